The first kappa shape index (κ1) is 8.10. The molecule has 0 spiro atoms. The van der Waals surface area contributed by atoms with E-state index in [0.717, 1.165) is 12.3 Å². The van der Waals surface area contributed by atoms with Crippen molar-refractivity contribution in [2.24, 2.45) is 5.10 Å². The summed E-state index contributed by atoms with van der Waals surface area (Å²) in [6, 6.07) is 0. The molecule has 0 saturated heterocycles. The zero-order valence-corrected chi connectivity index (χ0v) is 5.89. The molecule has 0 bridgehead atoms. The molecule has 0 fully saturated rings. The third-order valence-corrected chi connectivity index (χ3v) is 1.30. The monoisotopic (exact) mass is 164 g/mol. The van der Waals surface area contributed by atoms with Gasteiger partial charge in [-0.25, -0.2) is 0 Å². The second kappa shape index (κ2) is 2.56. The Morgan fingerprint density at radius 1 is 1.55 bits per heavy atom. The van der Waals surface area contributed by atoms with E-state index in [1.807, 2.05) is 0 Å². The first-order valence-corrected chi connectivity index (χ1v) is 3.01. The van der Waals surface area contributed by atoms with Crippen LogP contribution in [0.15, 0.2) is 16.8 Å². The van der Waals surface area contributed by atoms with Gasteiger partial charge in [-0.1, -0.05) is 0 Å². The molecule has 1 heterocycles. The van der Waals surface area contributed by atoms with Crippen molar-refractivity contribution < 1.29 is 13.2 Å². The number of allylic oxidation sites excluding steroid dienone is 1. The molecule has 0 radical (unpaired) electrons. The van der Waals surface area contributed by atoms with Crippen LogP contribution in [0.3, 0.4) is 0 Å². The number of nitrogens with zero attached hydrogens (tertiary/aromatic N) is 2. The van der Waals surface area contributed by atoms with Crippen molar-refractivity contribution in [2.45, 2.75) is 6.18 Å². The van der Waals surface area contributed by atoms with E-state index < -0.39 is 11.7 Å². The molecule has 62 valence electrons. The van der Waals surface area contributed by atoms with Crippen LogP contribution >= 0.6 is 0 Å². The van der Waals surface area contributed by atoms with Crippen LogP contribution in [-0.4, -0.2) is 31.0 Å². The summed E-state index contributed by atoms with van der Waals surface area (Å²) in [6.45, 7) is -0.167. The smallest absolute Gasteiger partial charge is 0.296 e. The van der Waals surface area contributed by atoms with Crippen LogP contribution in [-0.2, 0) is 0 Å². The van der Waals surface area contributed by atoms with Crippen molar-refractivity contribution in [3.05, 3.63) is 11.6 Å². The number of likely N-dealkylation sites (N-methyl/N-ethyl adjacent to an activating group) is 1. The predicted octanol–water partition coefficient (Wildman–Crippen LogP) is 1.41. The lowest BCUT2D eigenvalue weighted by molar-refractivity contribution is -0.0955. The molecule has 11 heavy (non-hydrogen) atoms. The third-order valence-electron chi connectivity index (χ3n) is 1.30. The highest BCUT2D eigenvalue weighted by Gasteiger charge is 2.34. The van der Waals surface area contributed by atoms with Gasteiger partial charge in [0.05, 0.1) is 12.1 Å². The molecule has 1 aliphatic heterocycles. The number of rotatable bonds is 0. The standard InChI is InChI=1S/C6H7F3N2/c1-11-4-5(2-3-10-11)6(7,8)9/h2-3H,4H2,1H3. The molecule has 0 saturated carbocycles. The van der Waals surface area contributed by atoms with Gasteiger partial charge >= 0.3 is 6.18 Å². The molecule has 0 amide bonds. The Morgan fingerprint density at radius 3 is 2.55 bits per heavy atom. The highest BCUT2D eigenvalue weighted by atomic mass is 19.4. The maximum Gasteiger partial charge on any atom is 0.414 e. The third kappa shape index (κ3) is 1.96. The van der Waals surface area contributed by atoms with Gasteiger partial charge in [-0.15, -0.1) is 0 Å². The van der Waals surface area contributed by atoms with E-state index in [9.17, 15) is 13.2 Å². The number of hydrogen-bond acceptors (Lipinski definition) is 2. The minimum absolute atomic E-state index is 0.167. The minimum atomic E-state index is -4.22. The van der Waals surface area contributed by atoms with Gasteiger partial charge in [-0.05, 0) is 6.08 Å². The lowest BCUT2D eigenvalue weighted by atomic mass is 10.2. The molecule has 0 aromatic rings. The van der Waals surface area contributed by atoms with Gasteiger partial charge in [0.2, 0.25) is 0 Å². The van der Waals surface area contributed by atoms with Crippen LogP contribution < -0.4 is 0 Å². The lowest BCUT2D eigenvalue weighted by Crippen LogP contribution is -2.26. The normalized spacial score (nSPS) is 18.5. The summed E-state index contributed by atoms with van der Waals surface area (Å²) in [4.78, 5) is 0. The van der Waals surface area contributed by atoms with Crippen molar-refractivity contribution in [1.29, 1.82) is 0 Å². The fraction of sp³-hybridized carbons (Fsp3) is 0.500. The van der Waals surface area contributed by atoms with Crippen LogP contribution in [0, 0.1) is 0 Å². The van der Waals surface area contributed by atoms with E-state index in [2.05, 4.69) is 5.10 Å². The van der Waals surface area contributed by atoms with Gasteiger partial charge in [-0.2, -0.15) is 18.3 Å². The quantitative estimate of drug-likeness (QED) is 0.528. The zero-order chi connectivity index (χ0) is 8.48. The average molecular weight is 164 g/mol. The largest absolute Gasteiger partial charge is 0.414 e. The Morgan fingerprint density at radius 2 is 2.18 bits per heavy atom. The number of hydrazone groups is 1. The van der Waals surface area contributed by atoms with Gasteiger partial charge in [0.25, 0.3) is 0 Å². The fourth-order valence-corrected chi connectivity index (χ4v) is 0.761. The lowest BCUT2D eigenvalue weighted by Gasteiger charge is -2.19. The summed E-state index contributed by atoms with van der Waals surface area (Å²) in [5.41, 5.74) is -0.560. The van der Waals surface area contributed by atoms with Crippen molar-refractivity contribution in [2.75, 3.05) is 13.6 Å². The molecule has 0 N–H and O–H groups in total. The Bertz CT molecular complexity index is 204. The van der Waals surface area contributed by atoms with Gasteiger partial charge < -0.3 is 0 Å². The van der Waals surface area contributed by atoms with E-state index in [1.165, 1.54) is 12.1 Å². The Balaban J connectivity index is 2.75. The summed E-state index contributed by atoms with van der Waals surface area (Å²) in [6.07, 6.45) is -2.09. The maximum absolute atomic E-state index is 12.0. The molecule has 0 atom stereocenters. The molecular formula is C6H7F3N2. The number of halogens is 3. The summed E-state index contributed by atoms with van der Waals surface area (Å²) in [5.74, 6) is 0. The van der Waals surface area contributed by atoms with E-state index in [0.29, 0.717) is 0 Å². The Kier molecular flexibility index (Phi) is 1.89. The predicted molar refractivity (Wildman–Crippen MR) is 35.3 cm³/mol. The SMILES string of the molecule is CN1CC(C(F)(F)F)=CC=N1. The highest BCUT2D eigenvalue weighted by Crippen LogP contribution is 2.26. The summed E-state index contributed by atoms with van der Waals surface area (Å²) in [5, 5.41) is 4.86. The summed E-state index contributed by atoms with van der Waals surface area (Å²) >= 11 is 0. The maximum atomic E-state index is 12.0. The summed E-state index contributed by atoms with van der Waals surface area (Å²) in [7, 11) is 1.50. The molecule has 0 aromatic heterocycles. The van der Waals surface area contributed by atoms with Gasteiger partial charge in [0, 0.05) is 13.3 Å². The fourth-order valence-electron chi connectivity index (χ4n) is 0.761. The second-order valence-electron chi connectivity index (χ2n) is 2.27. The molecule has 2 nitrogen and oxygen atoms in total. The second-order valence-corrected chi connectivity index (χ2v) is 2.27. The average Bonchev–Trinajstić information content (AvgIpc) is 1.86. The topological polar surface area (TPSA) is 15.6 Å². The van der Waals surface area contributed by atoms with E-state index >= 15 is 0 Å². The molecule has 1 aliphatic rings. The van der Waals surface area contributed by atoms with Gasteiger partial charge in [-0.3, -0.25) is 5.01 Å². The van der Waals surface area contributed by atoms with Crippen LogP contribution in [0.4, 0.5) is 13.2 Å². The number of hydrogen-bond donors (Lipinski definition) is 0. The molecule has 0 aliphatic carbocycles. The van der Waals surface area contributed by atoms with E-state index in [4.69, 9.17) is 0 Å². The van der Waals surface area contributed by atoms with Crippen molar-refractivity contribution in [1.82, 2.24) is 5.01 Å². The molecule has 1 rings (SSSR count). The first-order chi connectivity index (χ1) is 5.00. The van der Waals surface area contributed by atoms with Gasteiger partial charge in [0.1, 0.15) is 0 Å². The zero-order valence-electron chi connectivity index (χ0n) is 5.89. The van der Waals surface area contributed by atoms with E-state index in [-0.39, 0.29) is 6.54 Å². The van der Waals surface area contributed by atoms with Crippen molar-refractivity contribution in [3.8, 4) is 0 Å². The first-order valence-electron chi connectivity index (χ1n) is 3.01. The Labute approximate surface area is 62.0 Å². The minimum Gasteiger partial charge on any atom is -0.296 e. The highest BCUT2D eigenvalue weighted by molar-refractivity contribution is 5.73. The van der Waals surface area contributed by atoms with E-state index in [1.54, 1.807) is 0 Å². The van der Waals surface area contributed by atoms with Crippen LogP contribution in [0.1, 0.15) is 0 Å². The molecule has 0 unspecified atom stereocenters. The molecule has 0 aromatic carbocycles. The van der Waals surface area contributed by atoms with Crippen molar-refractivity contribution in [3.63, 3.8) is 0 Å². The van der Waals surface area contributed by atoms with Crippen LogP contribution in [0.25, 0.3) is 0 Å². The van der Waals surface area contributed by atoms with Crippen molar-refractivity contribution >= 4 is 6.21 Å². The van der Waals surface area contributed by atoms with Gasteiger partial charge in [0.15, 0.2) is 0 Å². The van der Waals surface area contributed by atoms with Crippen LogP contribution in [0.2, 0.25) is 0 Å². The number of alkyl halides is 3. The molecular weight excluding hydrogens is 157 g/mol. The van der Waals surface area contributed by atoms with Crippen LogP contribution in [0.5, 0.6) is 0 Å². The Hall–Kier alpha value is -1.00. The molecule has 5 heteroatoms. The summed E-state index contributed by atoms with van der Waals surface area (Å²) < 4.78 is 35.9.